The first kappa shape index (κ1) is 12.4. The smallest absolute Gasteiger partial charge is 0.0463 e. The molecule has 10 heavy (non-hydrogen) atoms. The molecule has 0 atom stereocenters. The molecule has 0 fully saturated rings. The van der Waals surface area contributed by atoms with Crippen LogP contribution >= 0.6 is 0 Å². The molecule has 0 aromatic heterocycles. The van der Waals surface area contributed by atoms with Crippen molar-refractivity contribution >= 4 is 0 Å². The lowest BCUT2D eigenvalue weighted by atomic mass is 10.5. The lowest BCUT2D eigenvalue weighted by molar-refractivity contribution is 0.135. The third-order valence-corrected chi connectivity index (χ3v) is 0.697. The summed E-state index contributed by atoms with van der Waals surface area (Å²) < 4.78 is 5.13. The Bertz CT molecular complexity index is 46.7. The van der Waals surface area contributed by atoms with Gasteiger partial charge in [0.25, 0.3) is 0 Å². The van der Waals surface area contributed by atoms with E-state index in [2.05, 4.69) is 20.4 Å². The number of allylic oxidation sites excluding steroid dienone is 1. The maximum absolute atomic E-state index is 5.13. The predicted molar refractivity (Wildman–Crippen MR) is 47.3 cm³/mol. The second-order valence-electron chi connectivity index (χ2n) is 2.02. The number of hydrogen-bond donors (Lipinski definition) is 0. The van der Waals surface area contributed by atoms with Crippen molar-refractivity contribution in [3.8, 4) is 0 Å². The van der Waals surface area contributed by atoms with E-state index in [1.54, 1.807) is 6.08 Å². The highest BCUT2D eigenvalue weighted by atomic mass is 16.5. The van der Waals surface area contributed by atoms with Crippen molar-refractivity contribution in [1.29, 1.82) is 0 Å². The van der Waals surface area contributed by atoms with Crippen LogP contribution in [0.4, 0.5) is 0 Å². The van der Waals surface area contributed by atoms with Crippen molar-refractivity contribution in [3.63, 3.8) is 0 Å². The number of ether oxygens (including phenoxy) is 1. The molecule has 0 rings (SSSR count). The van der Waals surface area contributed by atoms with E-state index in [4.69, 9.17) is 4.74 Å². The summed E-state index contributed by atoms with van der Waals surface area (Å²) in [5.74, 6) is 0. The SMILES string of the molecule is C=CC.CCCOCCC. The maximum Gasteiger partial charge on any atom is 0.0463 e. The van der Waals surface area contributed by atoms with Gasteiger partial charge in [0.05, 0.1) is 0 Å². The van der Waals surface area contributed by atoms with Crippen LogP contribution in [0.5, 0.6) is 0 Å². The van der Waals surface area contributed by atoms with Crippen LogP contribution in [0.25, 0.3) is 0 Å². The molecule has 0 saturated heterocycles. The molecule has 0 spiro atoms. The molecule has 0 aliphatic rings. The second-order valence-corrected chi connectivity index (χ2v) is 2.02. The molecule has 0 amide bonds. The Morgan fingerprint density at radius 1 is 1.20 bits per heavy atom. The largest absolute Gasteiger partial charge is 0.381 e. The summed E-state index contributed by atoms with van der Waals surface area (Å²) in [5, 5.41) is 0. The van der Waals surface area contributed by atoms with E-state index >= 15 is 0 Å². The second kappa shape index (κ2) is 15.9. The first-order valence-electron chi connectivity index (χ1n) is 3.98. The molecule has 1 heteroatoms. The van der Waals surface area contributed by atoms with Crippen LogP contribution in [0.3, 0.4) is 0 Å². The van der Waals surface area contributed by atoms with Crippen LogP contribution in [0.2, 0.25) is 0 Å². The van der Waals surface area contributed by atoms with Gasteiger partial charge in [0.2, 0.25) is 0 Å². The van der Waals surface area contributed by atoms with Gasteiger partial charge in [-0.05, 0) is 19.8 Å². The van der Waals surface area contributed by atoms with Crippen molar-refractivity contribution in [2.75, 3.05) is 13.2 Å². The summed E-state index contributed by atoms with van der Waals surface area (Å²) in [6, 6.07) is 0. The summed E-state index contributed by atoms with van der Waals surface area (Å²) in [6.07, 6.45) is 4.03. The highest BCUT2D eigenvalue weighted by Crippen LogP contribution is 1.81. The third-order valence-electron chi connectivity index (χ3n) is 0.697. The van der Waals surface area contributed by atoms with Gasteiger partial charge >= 0.3 is 0 Å². The van der Waals surface area contributed by atoms with E-state index in [1.807, 2.05) is 6.92 Å². The quantitative estimate of drug-likeness (QED) is 0.435. The van der Waals surface area contributed by atoms with Gasteiger partial charge < -0.3 is 4.74 Å². The Morgan fingerprint density at radius 3 is 1.70 bits per heavy atom. The fraction of sp³-hybridized carbons (Fsp3) is 0.778. The van der Waals surface area contributed by atoms with Crippen molar-refractivity contribution in [2.24, 2.45) is 0 Å². The average molecular weight is 144 g/mol. The zero-order chi connectivity index (χ0) is 8.24. The summed E-state index contributed by atoms with van der Waals surface area (Å²) >= 11 is 0. The molecule has 0 saturated carbocycles. The van der Waals surface area contributed by atoms with Gasteiger partial charge in [-0.1, -0.05) is 19.9 Å². The Morgan fingerprint density at radius 2 is 1.50 bits per heavy atom. The molecule has 0 N–H and O–H groups in total. The lowest BCUT2D eigenvalue weighted by Gasteiger charge is -1.95. The van der Waals surface area contributed by atoms with E-state index < -0.39 is 0 Å². The van der Waals surface area contributed by atoms with E-state index in [1.165, 1.54) is 0 Å². The molecular formula is C9H20O. The van der Waals surface area contributed by atoms with E-state index in [-0.39, 0.29) is 0 Å². The number of hydrogen-bond acceptors (Lipinski definition) is 1. The zero-order valence-electron chi connectivity index (χ0n) is 7.52. The Hall–Kier alpha value is -0.300. The van der Waals surface area contributed by atoms with Crippen LogP contribution in [-0.2, 0) is 4.74 Å². The molecule has 0 radical (unpaired) electrons. The van der Waals surface area contributed by atoms with E-state index in [0.29, 0.717) is 0 Å². The third kappa shape index (κ3) is 25.2. The molecule has 1 nitrogen and oxygen atoms in total. The van der Waals surface area contributed by atoms with E-state index in [9.17, 15) is 0 Å². The van der Waals surface area contributed by atoms with Gasteiger partial charge in [-0.25, -0.2) is 0 Å². The molecule has 0 aromatic carbocycles. The Balaban J connectivity index is 0. The molecule has 0 aromatic rings. The van der Waals surface area contributed by atoms with Crippen molar-refractivity contribution in [2.45, 2.75) is 33.6 Å². The Kier molecular flexibility index (Phi) is 19.7. The first-order chi connectivity index (χ1) is 4.83. The van der Waals surface area contributed by atoms with Gasteiger partial charge in [0, 0.05) is 13.2 Å². The summed E-state index contributed by atoms with van der Waals surface area (Å²) in [5.41, 5.74) is 0. The Labute approximate surface area is 65.1 Å². The summed E-state index contributed by atoms with van der Waals surface area (Å²) in [7, 11) is 0. The fourth-order valence-corrected chi connectivity index (χ4v) is 0.391. The van der Waals surface area contributed by atoms with E-state index in [0.717, 1.165) is 26.1 Å². The highest BCUT2D eigenvalue weighted by Gasteiger charge is 1.77. The van der Waals surface area contributed by atoms with Gasteiger partial charge in [0.1, 0.15) is 0 Å². The van der Waals surface area contributed by atoms with Crippen molar-refractivity contribution < 1.29 is 4.74 Å². The highest BCUT2D eigenvalue weighted by molar-refractivity contribution is 4.51. The minimum atomic E-state index is 0.924. The van der Waals surface area contributed by atoms with Crippen LogP contribution in [0.15, 0.2) is 12.7 Å². The average Bonchev–Trinajstić information content (AvgIpc) is 1.91. The molecular weight excluding hydrogens is 124 g/mol. The van der Waals surface area contributed by atoms with Crippen LogP contribution in [0, 0.1) is 0 Å². The summed E-state index contributed by atoms with van der Waals surface area (Å²) in [4.78, 5) is 0. The van der Waals surface area contributed by atoms with Gasteiger partial charge in [-0.2, -0.15) is 0 Å². The molecule has 0 aliphatic carbocycles. The molecule has 0 bridgehead atoms. The van der Waals surface area contributed by atoms with Gasteiger partial charge in [-0.15, -0.1) is 6.58 Å². The predicted octanol–water partition coefficient (Wildman–Crippen LogP) is 3.02. The standard InChI is InChI=1S/C6H14O.C3H6/c1-3-5-7-6-4-2;1-3-2/h3-6H2,1-2H3;3H,1H2,2H3. The monoisotopic (exact) mass is 144 g/mol. The minimum absolute atomic E-state index is 0.924. The normalized spacial score (nSPS) is 7.90. The molecule has 0 heterocycles. The minimum Gasteiger partial charge on any atom is -0.381 e. The maximum atomic E-state index is 5.13. The van der Waals surface area contributed by atoms with Crippen molar-refractivity contribution in [1.82, 2.24) is 0 Å². The first-order valence-corrected chi connectivity index (χ1v) is 3.98. The summed E-state index contributed by atoms with van der Waals surface area (Å²) in [6.45, 7) is 11.3. The number of rotatable bonds is 4. The molecule has 0 unspecified atom stereocenters. The fourth-order valence-electron chi connectivity index (χ4n) is 0.391. The lowest BCUT2D eigenvalue weighted by Crippen LogP contribution is -1.92. The molecule has 62 valence electrons. The molecule has 0 aliphatic heterocycles. The van der Waals surface area contributed by atoms with Gasteiger partial charge in [-0.3, -0.25) is 0 Å². The van der Waals surface area contributed by atoms with Gasteiger partial charge in [0.15, 0.2) is 0 Å². The zero-order valence-corrected chi connectivity index (χ0v) is 7.52. The topological polar surface area (TPSA) is 9.23 Å². The van der Waals surface area contributed by atoms with Crippen LogP contribution < -0.4 is 0 Å². The van der Waals surface area contributed by atoms with Crippen LogP contribution in [0.1, 0.15) is 33.6 Å². The van der Waals surface area contributed by atoms with Crippen LogP contribution in [-0.4, -0.2) is 13.2 Å². The van der Waals surface area contributed by atoms with Crippen molar-refractivity contribution in [3.05, 3.63) is 12.7 Å².